The van der Waals surface area contributed by atoms with Crippen LogP contribution in [0.2, 0.25) is 0 Å². The lowest BCUT2D eigenvalue weighted by molar-refractivity contribution is 0.163. The highest BCUT2D eigenvalue weighted by Gasteiger charge is 2.21. The molecule has 0 saturated heterocycles. The van der Waals surface area contributed by atoms with Crippen LogP contribution in [-0.2, 0) is 4.74 Å². The van der Waals surface area contributed by atoms with Crippen molar-refractivity contribution in [3.05, 3.63) is 35.4 Å². The summed E-state index contributed by atoms with van der Waals surface area (Å²) in [6.45, 7) is 0.895. The van der Waals surface area contributed by atoms with Crippen LogP contribution in [0.3, 0.4) is 0 Å². The van der Waals surface area contributed by atoms with Crippen molar-refractivity contribution in [1.29, 1.82) is 5.26 Å². The molecule has 96 valence electrons. The average Bonchev–Trinajstić information content (AvgIpc) is 2.46. The molecule has 0 atom stereocenters. The van der Waals surface area contributed by atoms with Crippen molar-refractivity contribution >= 4 is 0 Å². The Balaban J connectivity index is 1.87. The fourth-order valence-electron chi connectivity index (χ4n) is 2.90. The molecule has 1 aromatic carbocycles. The van der Waals surface area contributed by atoms with E-state index in [1.165, 1.54) is 37.7 Å². The molecule has 18 heavy (non-hydrogen) atoms. The third-order valence-corrected chi connectivity index (χ3v) is 4.09. The largest absolute Gasteiger partial charge is 0.385 e. The van der Waals surface area contributed by atoms with Crippen molar-refractivity contribution in [2.75, 3.05) is 13.7 Å². The fraction of sp³-hybridized carbons (Fsp3) is 0.562. The lowest BCUT2D eigenvalue weighted by Gasteiger charge is -2.28. The SMILES string of the molecule is COCC[C@H]1CC[C@H](c2ccc(C#N)cc2)CC1. The molecule has 0 heterocycles. The summed E-state index contributed by atoms with van der Waals surface area (Å²) in [6, 6.07) is 10.3. The van der Waals surface area contributed by atoms with Gasteiger partial charge in [0.15, 0.2) is 0 Å². The number of ether oxygens (including phenoxy) is 1. The van der Waals surface area contributed by atoms with Gasteiger partial charge in [0.2, 0.25) is 0 Å². The predicted molar refractivity (Wildman–Crippen MR) is 72.3 cm³/mol. The fourth-order valence-corrected chi connectivity index (χ4v) is 2.90. The van der Waals surface area contributed by atoms with Gasteiger partial charge < -0.3 is 4.74 Å². The van der Waals surface area contributed by atoms with E-state index in [2.05, 4.69) is 18.2 Å². The van der Waals surface area contributed by atoms with Crippen molar-refractivity contribution < 1.29 is 4.74 Å². The summed E-state index contributed by atoms with van der Waals surface area (Å²) in [5.41, 5.74) is 2.16. The first kappa shape index (κ1) is 13.1. The van der Waals surface area contributed by atoms with Crippen LogP contribution in [-0.4, -0.2) is 13.7 Å². The van der Waals surface area contributed by atoms with Gasteiger partial charge in [0.25, 0.3) is 0 Å². The van der Waals surface area contributed by atoms with Crippen LogP contribution >= 0.6 is 0 Å². The highest BCUT2D eigenvalue weighted by molar-refractivity contribution is 5.33. The van der Waals surface area contributed by atoms with Crippen LogP contribution in [0.1, 0.15) is 49.1 Å². The molecular formula is C16H21NO. The topological polar surface area (TPSA) is 33.0 Å². The van der Waals surface area contributed by atoms with Crippen LogP contribution in [0.25, 0.3) is 0 Å². The number of methoxy groups -OCH3 is 1. The summed E-state index contributed by atoms with van der Waals surface area (Å²) >= 11 is 0. The van der Waals surface area contributed by atoms with E-state index in [-0.39, 0.29) is 0 Å². The first-order valence-corrected chi connectivity index (χ1v) is 6.82. The molecule has 0 radical (unpaired) electrons. The van der Waals surface area contributed by atoms with Gasteiger partial charge in [-0.25, -0.2) is 0 Å². The standard InChI is InChI=1S/C16H21NO/c1-18-11-10-13-2-6-15(7-3-13)16-8-4-14(12-17)5-9-16/h4-5,8-9,13,15H,2-3,6-7,10-11H2,1H3/t13-,15-. The second-order valence-corrected chi connectivity index (χ2v) is 5.23. The van der Waals surface area contributed by atoms with E-state index in [1.54, 1.807) is 7.11 Å². The normalized spacial score (nSPS) is 23.6. The van der Waals surface area contributed by atoms with Gasteiger partial charge >= 0.3 is 0 Å². The molecule has 1 saturated carbocycles. The summed E-state index contributed by atoms with van der Waals surface area (Å²) in [5.74, 6) is 1.54. The molecule has 0 amide bonds. The van der Waals surface area contributed by atoms with Crippen molar-refractivity contribution in [2.24, 2.45) is 5.92 Å². The molecule has 0 bridgehead atoms. The second kappa shape index (κ2) is 6.56. The molecule has 0 N–H and O–H groups in total. The number of rotatable bonds is 4. The lowest BCUT2D eigenvalue weighted by atomic mass is 9.77. The van der Waals surface area contributed by atoms with Gasteiger partial charge in [-0.3, -0.25) is 0 Å². The van der Waals surface area contributed by atoms with Gasteiger partial charge in [0, 0.05) is 13.7 Å². The highest BCUT2D eigenvalue weighted by Crippen LogP contribution is 2.36. The van der Waals surface area contributed by atoms with Crippen LogP contribution in [0.4, 0.5) is 0 Å². The molecule has 1 aromatic rings. The highest BCUT2D eigenvalue weighted by atomic mass is 16.5. The summed E-state index contributed by atoms with van der Waals surface area (Å²) in [6.07, 6.45) is 6.39. The quantitative estimate of drug-likeness (QED) is 0.804. The molecule has 2 nitrogen and oxygen atoms in total. The molecular weight excluding hydrogens is 222 g/mol. The molecule has 1 aliphatic carbocycles. The third kappa shape index (κ3) is 3.34. The van der Waals surface area contributed by atoms with E-state index in [0.29, 0.717) is 5.92 Å². The van der Waals surface area contributed by atoms with Crippen molar-refractivity contribution in [1.82, 2.24) is 0 Å². The van der Waals surface area contributed by atoms with Crippen LogP contribution in [0.15, 0.2) is 24.3 Å². The zero-order valence-electron chi connectivity index (χ0n) is 11.1. The van der Waals surface area contributed by atoms with Gasteiger partial charge in [-0.05, 0) is 61.6 Å². The molecule has 0 aromatic heterocycles. The minimum Gasteiger partial charge on any atom is -0.385 e. The molecule has 0 aliphatic heterocycles. The first-order valence-electron chi connectivity index (χ1n) is 6.82. The summed E-state index contributed by atoms with van der Waals surface area (Å²) in [7, 11) is 1.78. The van der Waals surface area contributed by atoms with Crippen molar-refractivity contribution in [3.8, 4) is 6.07 Å². The van der Waals surface area contributed by atoms with Gasteiger partial charge in [0.1, 0.15) is 0 Å². The smallest absolute Gasteiger partial charge is 0.0991 e. The van der Waals surface area contributed by atoms with Gasteiger partial charge in [-0.1, -0.05) is 12.1 Å². The van der Waals surface area contributed by atoms with Crippen LogP contribution in [0, 0.1) is 17.2 Å². The average molecular weight is 243 g/mol. The minimum atomic E-state index is 0.691. The van der Waals surface area contributed by atoms with E-state index in [1.807, 2.05) is 12.1 Å². The number of nitrogens with zero attached hydrogens (tertiary/aromatic N) is 1. The Morgan fingerprint density at radius 2 is 1.83 bits per heavy atom. The Morgan fingerprint density at radius 3 is 2.39 bits per heavy atom. The first-order chi connectivity index (χ1) is 8.83. The Morgan fingerprint density at radius 1 is 1.17 bits per heavy atom. The van der Waals surface area contributed by atoms with Crippen LogP contribution in [0.5, 0.6) is 0 Å². The Bertz CT molecular complexity index is 396. The number of hydrogen-bond acceptors (Lipinski definition) is 2. The minimum absolute atomic E-state index is 0.691. The van der Waals surface area contributed by atoms with Crippen molar-refractivity contribution in [3.63, 3.8) is 0 Å². The zero-order valence-corrected chi connectivity index (χ0v) is 11.1. The summed E-state index contributed by atoms with van der Waals surface area (Å²) < 4.78 is 5.15. The Labute approximate surface area is 110 Å². The van der Waals surface area contributed by atoms with Gasteiger partial charge in [0.05, 0.1) is 11.6 Å². The summed E-state index contributed by atoms with van der Waals surface area (Å²) in [4.78, 5) is 0. The molecule has 1 aliphatic rings. The van der Waals surface area contributed by atoms with E-state index >= 15 is 0 Å². The monoisotopic (exact) mass is 243 g/mol. The molecule has 2 heteroatoms. The number of benzene rings is 1. The molecule has 1 fully saturated rings. The Hall–Kier alpha value is -1.33. The Kier molecular flexibility index (Phi) is 4.78. The van der Waals surface area contributed by atoms with Gasteiger partial charge in [-0.15, -0.1) is 0 Å². The van der Waals surface area contributed by atoms with Crippen molar-refractivity contribution in [2.45, 2.75) is 38.0 Å². The molecule has 0 unspecified atom stereocenters. The molecule has 0 spiro atoms. The predicted octanol–water partition coefficient (Wildman–Crippen LogP) is 3.87. The maximum Gasteiger partial charge on any atom is 0.0991 e. The van der Waals surface area contributed by atoms with E-state index in [4.69, 9.17) is 10.00 Å². The summed E-state index contributed by atoms with van der Waals surface area (Å²) in [5, 5.41) is 8.79. The van der Waals surface area contributed by atoms with E-state index in [9.17, 15) is 0 Å². The maximum atomic E-state index is 8.79. The van der Waals surface area contributed by atoms with Crippen LogP contribution < -0.4 is 0 Å². The van der Waals surface area contributed by atoms with E-state index < -0.39 is 0 Å². The lowest BCUT2D eigenvalue weighted by Crippen LogP contribution is -2.14. The van der Waals surface area contributed by atoms with Gasteiger partial charge in [-0.2, -0.15) is 5.26 Å². The molecule has 2 rings (SSSR count). The number of hydrogen-bond donors (Lipinski definition) is 0. The zero-order chi connectivity index (χ0) is 12.8. The second-order valence-electron chi connectivity index (χ2n) is 5.23. The third-order valence-electron chi connectivity index (χ3n) is 4.09. The number of nitriles is 1. The van der Waals surface area contributed by atoms with E-state index in [0.717, 1.165) is 18.1 Å². The maximum absolute atomic E-state index is 8.79.